The first-order valence-corrected chi connectivity index (χ1v) is 7.00. The van der Waals surface area contributed by atoms with Gasteiger partial charge in [-0.2, -0.15) is 0 Å². The SMILES string of the molecule is CCC1(CC)CCN(c2ncccc2C(C)O)C1. The number of rotatable bonds is 4. The average Bonchev–Trinajstić information content (AvgIpc) is 2.83. The molecule has 1 unspecified atom stereocenters. The van der Waals surface area contributed by atoms with Crippen molar-refractivity contribution < 1.29 is 5.11 Å². The Morgan fingerprint density at radius 1 is 1.44 bits per heavy atom. The summed E-state index contributed by atoms with van der Waals surface area (Å²) < 4.78 is 0. The van der Waals surface area contributed by atoms with Gasteiger partial charge in [-0.15, -0.1) is 0 Å². The van der Waals surface area contributed by atoms with E-state index in [1.807, 2.05) is 25.3 Å². The molecular formula is C15H24N2O. The number of pyridine rings is 1. The monoisotopic (exact) mass is 248 g/mol. The number of hydrogen-bond donors (Lipinski definition) is 1. The highest BCUT2D eigenvalue weighted by Crippen LogP contribution is 2.39. The number of hydrogen-bond acceptors (Lipinski definition) is 3. The van der Waals surface area contributed by atoms with E-state index < -0.39 is 6.10 Å². The smallest absolute Gasteiger partial charge is 0.134 e. The Hall–Kier alpha value is -1.09. The first kappa shape index (κ1) is 13.3. The molecular weight excluding hydrogens is 224 g/mol. The first-order valence-electron chi connectivity index (χ1n) is 7.00. The van der Waals surface area contributed by atoms with Gasteiger partial charge in [0.15, 0.2) is 0 Å². The fourth-order valence-electron chi connectivity index (χ4n) is 2.94. The number of anilines is 1. The van der Waals surface area contributed by atoms with Crippen LogP contribution < -0.4 is 4.90 Å². The molecule has 1 fully saturated rings. The summed E-state index contributed by atoms with van der Waals surface area (Å²) in [5.74, 6) is 0.969. The van der Waals surface area contributed by atoms with Crippen molar-refractivity contribution >= 4 is 5.82 Å². The molecule has 1 aliphatic heterocycles. The van der Waals surface area contributed by atoms with Crippen LogP contribution in [-0.2, 0) is 0 Å². The summed E-state index contributed by atoms with van der Waals surface area (Å²) in [5, 5.41) is 9.84. The summed E-state index contributed by atoms with van der Waals surface area (Å²) >= 11 is 0. The molecule has 1 N–H and O–H groups in total. The van der Waals surface area contributed by atoms with Gasteiger partial charge in [-0.25, -0.2) is 4.98 Å². The van der Waals surface area contributed by atoms with Crippen molar-refractivity contribution in [2.45, 2.75) is 46.1 Å². The number of aliphatic hydroxyl groups is 1. The minimum atomic E-state index is -0.452. The lowest BCUT2D eigenvalue weighted by molar-refractivity contribution is 0.199. The molecule has 2 heterocycles. The normalized spacial score (nSPS) is 20.1. The number of nitrogens with zero attached hydrogens (tertiary/aromatic N) is 2. The summed E-state index contributed by atoms with van der Waals surface area (Å²) in [6.45, 7) is 8.49. The van der Waals surface area contributed by atoms with Crippen LogP contribution in [-0.4, -0.2) is 23.2 Å². The largest absolute Gasteiger partial charge is 0.389 e. The molecule has 3 heteroatoms. The third kappa shape index (κ3) is 2.37. The van der Waals surface area contributed by atoms with E-state index in [0.29, 0.717) is 5.41 Å². The van der Waals surface area contributed by atoms with Gasteiger partial charge in [0.05, 0.1) is 6.10 Å². The van der Waals surface area contributed by atoms with E-state index in [9.17, 15) is 5.11 Å². The van der Waals surface area contributed by atoms with Crippen molar-refractivity contribution in [2.75, 3.05) is 18.0 Å². The molecule has 0 aliphatic carbocycles. The van der Waals surface area contributed by atoms with Crippen LogP contribution in [0.25, 0.3) is 0 Å². The molecule has 0 saturated carbocycles. The fourth-order valence-corrected chi connectivity index (χ4v) is 2.94. The molecule has 1 aromatic rings. The van der Waals surface area contributed by atoms with E-state index >= 15 is 0 Å². The molecule has 0 aromatic carbocycles. The Balaban J connectivity index is 2.24. The molecule has 1 aromatic heterocycles. The highest BCUT2D eigenvalue weighted by Gasteiger charge is 2.36. The summed E-state index contributed by atoms with van der Waals surface area (Å²) in [4.78, 5) is 6.82. The topological polar surface area (TPSA) is 36.4 Å². The van der Waals surface area contributed by atoms with Crippen LogP contribution in [0.3, 0.4) is 0 Å². The zero-order chi connectivity index (χ0) is 13.2. The standard InChI is InChI=1S/C15H24N2O/c1-4-15(5-2)8-10-17(11-15)14-13(12(3)18)7-6-9-16-14/h6-7,9,12,18H,4-5,8,10-11H2,1-3H3. The van der Waals surface area contributed by atoms with Crippen LogP contribution in [0.1, 0.15) is 51.7 Å². The van der Waals surface area contributed by atoms with Crippen LogP contribution >= 0.6 is 0 Å². The highest BCUT2D eigenvalue weighted by atomic mass is 16.3. The van der Waals surface area contributed by atoms with Gasteiger partial charge >= 0.3 is 0 Å². The van der Waals surface area contributed by atoms with Crippen molar-refractivity contribution in [2.24, 2.45) is 5.41 Å². The van der Waals surface area contributed by atoms with Gasteiger partial charge in [0.1, 0.15) is 5.82 Å². The molecule has 0 spiro atoms. The maximum Gasteiger partial charge on any atom is 0.134 e. The minimum absolute atomic E-state index is 0.438. The zero-order valence-electron chi connectivity index (χ0n) is 11.7. The van der Waals surface area contributed by atoms with Gasteiger partial charge in [-0.1, -0.05) is 19.9 Å². The molecule has 100 valence electrons. The summed E-state index contributed by atoms with van der Waals surface area (Å²) in [7, 11) is 0. The van der Waals surface area contributed by atoms with Crippen LogP contribution in [0.4, 0.5) is 5.82 Å². The second kappa shape index (κ2) is 5.27. The van der Waals surface area contributed by atoms with Crippen LogP contribution in [0.15, 0.2) is 18.3 Å². The van der Waals surface area contributed by atoms with E-state index in [-0.39, 0.29) is 0 Å². The molecule has 2 rings (SSSR count). The van der Waals surface area contributed by atoms with Gasteiger partial charge in [-0.05, 0) is 37.7 Å². The highest BCUT2D eigenvalue weighted by molar-refractivity contribution is 5.49. The predicted molar refractivity (Wildman–Crippen MR) is 74.7 cm³/mol. The van der Waals surface area contributed by atoms with E-state index in [4.69, 9.17) is 0 Å². The van der Waals surface area contributed by atoms with Crippen LogP contribution in [0, 0.1) is 5.41 Å². The Labute approximate surface area is 110 Å². The van der Waals surface area contributed by atoms with Gasteiger partial charge in [-0.3, -0.25) is 0 Å². The lowest BCUT2D eigenvalue weighted by Crippen LogP contribution is -2.27. The summed E-state index contributed by atoms with van der Waals surface area (Å²) in [6.07, 6.45) is 5.04. The quantitative estimate of drug-likeness (QED) is 0.889. The molecule has 18 heavy (non-hydrogen) atoms. The van der Waals surface area contributed by atoms with Crippen molar-refractivity contribution in [1.82, 2.24) is 4.98 Å². The molecule has 0 bridgehead atoms. The second-order valence-corrected chi connectivity index (χ2v) is 5.47. The number of aromatic nitrogens is 1. The lowest BCUT2D eigenvalue weighted by atomic mass is 9.82. The first-order chi connectivity index (χ1) is 8.62. The molecule has 1 atom stereocenters. The Morgan fingerprint density at radius 3 is 2.72 bits per heavy atom. The van der Waals surface area contributed by atoms with E-state index in [2.05, 4.69) is 23.7 Å². The summed E-state index contributed by atoms with van der Waals surface area (Å²) in [5.41, 5.74) is 1.38. The van der Waals surface area contributed by atoms with Crippen LogP contribution in [0.5, 0.6) is 0 Å². The van der Waals surface area contributed by atoms with Gasteiger partial charge in [0, 0.05) is 24.8 Å². The fraction of sp³-hybridized carbons (Fsp3) is 0.667. The molecule has 1 aliphatic rings. The van der Waals surface area contributed by atoms with Gasteiger partial charge in [0.2, 0.25) is 0 Å². The third-order valence-electron chi connectivity index (χ3n) is 4.50. The predicted octanol–water partition coefficient (Wildman–Crippen LogP) is 3.15. The molecule has 1 saturated heterocycles. The Morgan fingerprint density at radius 2 is 2.17 bits per heavy atom. The maximum absolute atomic E-state index is 9.84. The number of aliphatic hydroxyl groups excluding tert-OH is 1. The molecule has 3 nitrogen and oxygen atoms in total. The van der Waals surface area contributed by atoms with Crippen molar-refractivity contribution in [3.8, 4) is 0 Å². The maximum atomic E-state index is 9.84. The van der Waals surface area contributed by atoms with E-state index in [1.165, 1.54) is 19.3 Å². The van der Waals surface area contributed by atoms with Crippen molar-refractivity contribution in [3.05, 3.63) is 23.9 Å². The van der Waals surface area contributed by atoms with E-state index in [1.54, 1.807) is 0 Å². The Bertz CT molecular complexity index is 399. The third-order valence-corrected chi connectivity index (χ3v) is 4.50. The molecule has 0 amide bonds. The van der Waals surface area contributed by atoms with Crippen LogP contribution in [0.2, 0.25) is 0 Å². The van der Waals surface area contributed by atoms with Crippen molar-refractivity contribution in [1.29, 1.82) is 0 Å². The average molecular weight is 248 g/mol. The lowest BCUT2D eigenvalue weighted by Gasteiger charge is -2.27. The van der Waals surface area contributed by atoms with Gasteiger partial charge < -0.3 is 10.0 Å². The van der Waals surface area contributed by atoms with E-state index in [0.717, 1.165) is 24.5 Å². The van der Waals surface area contributed by atoms with Gasteiger partial charge in [0.25, 0.3) is 0 Å². The van der Waals surface area contributed by atoms with Crippen molar-refractivity contribution in [3.63, 3.8) is 0 Å². The second-order valence-electron chi connectivity index (χ2n) is 5.47. The Kier molecular flexibility index (Phi) is 3.91. The minimum Gasteiger partial charge on any atom is -0.389 e. The molecule has 0 radical (unpaired) electrons. The summed E-state index contributed by atoms with van der Waals surface area (Å²) in [6, 6.07) is 3.87. The zero-order valence-corrected chi connectivity index (χ0v) is 11.7.